The number of halogens is 2. The Labute approximate surface area is 109 Å². The van der Waals surface area contributed by atoms with E-state index < -0.39 is 12.1 Å². The Bertz CT molecular complexity index is 420. The second kappa shape index (κ2) is 6.10. The van der Waals surface area contributed by atoms with Gasteiger partial charge in [-0.1, -0.05) is 23.2 Å². The normalized spacial score (nSPS) is 12.1. The summed E-state index contributed by atoms with van der Waals surface area (Å²) in [7, 11) is 1.41. The first-order valence-electron chi connectivity index (χ1n) is 4.88. The molecule has 0 amide bonds. The standard InChI is InChI=1S/C11H12Cl2O4/c1-3-17-11(15)10(14)7-4-6(12)5-8(16-2)9(7)13/h4-5,10,14H,3H2,1-2H3. The smallest absolute Gasteiger partial charge is 0.339 e. The van der Waals surface area contributed by atoms with Crippen molar-refractivity contribution in [3.8, 4) is 5.75 Å². The third kappa shape index (κ3) is 3.25. The lowest BCUT2D eigenvalue weighted by molar-refractivity contribution is -0.153. The van der Waals surface area contributed by atoms with Crippen molar-refractivity contribution in [1.82, 2.24) is 0 Å². The van der Waals surface area contributed by atoms with Crippen molar-refractivity contribution in [1.29, 1.82) is 0 Å². The third-order valence-corrected chi connectivity index (χ3v) is 2.68. The molecule has 6 heteroatoms. The van der Waals surface area contributed by atoms with Crippen LogP contribution in [0.5, 0.6) is 5.75 Å². The van der Waals surface area contributed by atoms with Gasteiger partial charge in [0, 0.05) is 16.7 Å². The molecule has 0 saturated carbocycles. The molecular weight excluding hydrogens is 267 g/mol. The molecule has 0 aromatic heterocycles. The number of hydrogen-bond donors (Lipinski definition) is 1. The van der Waals surface area contributed by atoms with Crippen LogP contribution in [0.25, 0.3) is 0 Å². The Hall–Kier alpha value is -0.970. The fourth-order valence-corrected chi connectivity index (χ4v) is 1.79. The summed E-state index contributed by atoms with van der Waals surface area (Å²) in [5, 5.41) is 10.2. The van der Waals surface area contributed by atoms with Crippen molar-refractivity contribution in [2.45, 2.75) is 13.0 Å². The monoisotopic (exact) mass is 278 g/mol. The Balaban J connectivity index is 3.12. The summed E-state index contributed by atoms with van der Waals surface area (Å²) in [6, 6.07) is 2.89. The molecule has 1 aromatic rings. The van der Waals surface area contributed by atoms with E-state index in [9.17, 15) is 9.90 Å². The molecule has 17 heavy (non-hydrogen) atoms. The largest absolute Gasteiger partial charge is 0.495 e. The number of carbonyl (C=O) groups excluding carboxylic acids is 1. The van der Waals surface area contributed by atoms with Crippen molar-refractivity contribution in [2.75, 3.05) is 13.7 Å². The van der Waals surface area contributed by atoms with Gasteiger partial charge in [-0.15, -0.1) is 0 Å². The molecule has 0 saturated heterocycles. The number of ether oxygens (including phenoxy) is 2. The third-order valence-electron chi connectivity index (χ3n) is 2.06. The second-order valence-corrected chi connectivity index (χ2v) is 3.98. The minimum absolute atomic E-state index is 0.137. The number of aliphatic hydroxyl groups excluding tert-OH is 1. The predicted molar refractivity (Wildman–Crippen MR) is 64.6 cm³/mol. The molecule has 94 valence electrons. The van der Waals surface area contributed by atoms with Crippen LogP contribution in [0.1, 0.15) is 18.6 Å². The molecule has 0 aliphatic carbocycles. The maximum absolute atomic E-state index is 11.4. The Morgan fingerprint density at radius 1 is 1.47 bits per heavy atom. The van der Waals surface area contributed by atoms with E-state index in [4.69, 9.17) is 32.7 Å². The molecule has 0 aliphatic heterocycles. The molecule has 0 radical (unpaired) electrons. The fraction of sp³-hybridized carbons (Fsp3) is 0.364. The lowest BCUT2D eigenvalue weighted by Gasteiger charge is -2.14. The van der Waals surface area contributed by atoms with Gasteiger partial charge in [0.05, 0.1) is 18.7 Å². The summed E-state index contributed by atoms with van der Waals surface area (Å²) < 4.78 is 9.67. The van der Waals surface area contributed by atoms with E-state index in [0.29, 0.717) is 5.02 Å². The molecule has 0 bridgehead atoms. The van der Waals surface area contributed by atoms with Gasteiger partial charge in [-0.25, -0.2) is 4.79 Å². The van der Waals surface area contributed by atoms with E-state index in [1.807, 2.05) is 0 Å². The number of carbonyl (C=O) groups is 1. The SMILES string of the molecule is CCOC(=O)C(O)c1cc(Cl)cc(OC)c1Cl. The highest BCUT2D eigenvalue weighted by Gasteiger charge is 2.23. The van der Waals surface area contributed by atoms with Gasteiger partial charge >= 0.3 is 5.97 Å². The lowest BCUT2D eigenvalue weighted by atomic mass is 10.1. The Morgan fingerprint density at radius 2 is 2.12 bits per heavy atom. The highest BCUT2D eigenvalue weighted by atomic mass is 35.5. The van der Waals surface area contributed by atoms with Crippen molar-refractivity contribution in [3.05, 3.63) is 27.7 Å². The summed E-state index contributed by atoms with van der Waals surface area (Å²) in [6.45, 7) is 1.82. The van der Waals surface area contributed by atoms with Crippen LogP contribution in [0.3, 0.4) is 0 Å². The summed E-state index contributed by atoms with van der Waals surface area (Å²) >= 11 is 11.8. The van der Waals surface area contributed by atoms with Gasteiger partial charge in [0.25, 0.3) is 0 Å². The van der Waals surface area contributed by atoms with Gasteiger partial charge in [-0.05, 0) is 13.0 Å². The number of hydrogen-bond acceptors (Lipinski definition) is 4. The average molecular weight is 279 g/mol. The molecule has 1 rings (SSSR count). The predicted octanol–water partition coefficient (Wildman–Crippen LogP) is 2.60. The van der Waals surface area contributed by atoms with Crippen molar-refractivity contribution in [2.24, 2.45) is 0 Å². The zero-order chi connectivity index (χ0) is 13.0. The van der Waals surface area contributed by atoms with Gasteiger partial charge in [0.1, 0.15) is 5.75 Å². The topological polar surface area (TPSA) is 55.8 Å². The number of rotatable bonds is 4. The summed E-state index contributed by atoms with van der Waals surface area (Å²) in [5.41, 5.74) is 0.162. The van der Waals surface area contributed by atoms with E-state index in [-0.39, 0.29) is 22.9 Å². The van der Waals surface area contributed by atoms with Crippen LogP contribution < -0.4 is 4.74 Å². The maximum Gasteiger partial charge on any atom is 0.339 e. The Morgan fingerprint density at radius 3 is 2.65 bits per heavy atom. The second-order valence-electron chi connectivity index (χ2n) is 3.17. The molecule has 0 heterocycles. The van der Waals surface area contributed by atoms with Crippen LogP contribution in [-0.4, -0.2) is 24.8 Å². The maximum atomic E-state index is 11.4. The van der Waals surface area contributed by atoms with E-state index in [0.717, 1.165) is 0 Å². The highest BCUT2D eigenvalue weighted by Crippen LogP contribution is 2.35. The first-order valence-corrected chi connectivity index (χ1v) is 5.64. The van der Waals surface area contributed by atoms with E-state index in [1.54, 1.807) is 6.92 Å². The van der Waals surface area contributed by atoms with Crippen LogP contribution in [0, 0.1) is 0 Å². The molecule has 1 N–H and O–H groups in total. The van der Waals surface area contributed by atoms with E-state index >= 15 is 0 Å². The molecule has 1 atom stereocenters. The number of aliphatic hydroxyl groups is 1. The number of esters is 1. The van der Waals surface area contributed by atoms with Crippen LogP contribution in [0.2, 0.25) is 10.0 Å². The molecule has 1 aromatic carbocycles. The minimum atomic E-state index is -1.48. The number of methoxy groups -OCH3 is 1. The van der Waals surface area contributed by atoms with Crippen molar-refractivity contribution >= 4 is 29.2 Å². The lowest BCUT2D eigenvalue weighted by Crippen LogP contribution is -2.16. The highest BCUT2D eigenvalue weighted by molar-refractivity contribution is 6.35. The molecule has 0 spiro atoms. The van der Waals surface area contributed by atoms with Crippen molar-refractivity contribution in [3.63, 3.8) is 0 Å². The van der Waals surface area contributed by atoms with Crippen LogP contribution >= 0.6 is 23.2 Å². The molecule has 1 unspecified atom stereocenters. The van der Waals surface area contributed by atoms with Crippen molar-refractivity contribution < 1.29 is 19.4 Å². The van der Waals surface area contributed by atoms with Crippen LogP contribution in [0.15, 0.2) is 12.1 Å². The van der Waals surface area contributed by atoms with Gasteiger partial charge in [-0.2, -0.15) is 0 Å². The minimum Gasteiger partial charge on any atom is -0.495 e. The summed E-state index contributed by atoms with van der Waals surface area (Å²) in [6.07, 6.45) is -1.48. The van der Waals surface area contributed by atoms with E-state index in [1.165, 1.54) is 19.2 Å². The Kier molecular flexibility index (Phi) is 5.05. The number of benzene rings is 1. The first-order chi connectivity index (χ1) is 8.01. The summed E-state index contributed by atoms with van der Waals surface area (Å²) in [4.78, 5) is 11.4. The zero-order valence-corrected chi connectivity index (χ0v) is 10.9. The first kappa shape index (κ1) is 14.1. The van der Waals surface area contributed by atoms with Gasteiger partial charge in [-0.3, -0.25) is 0 Å². The van der Waals surface area contributed by atoms with Crippen LogP contribution in [-0.2, 0) is 9.53 Å². The molecule has 0 aliphatic rings. The fourth-order valence-electron chi connectivity index (χ4n) is 1.28. The summed E-state index contributed by atoms with van der Waals surface area (Å²) in [5.74, 6) is -0.490. The van der Waals surface area contributed by atoms with Crippen LogP contribution in [0.4, 0.5) is 0 Å². The van der Waals surface area contributed by atoms with Gasteiger partial charge in [0.2, 0.25) is 0 Å². The molecule has 0 fully saturated rings. The molecular formula is C11H12Cl2O4. The van der Waals surface area contributed by atoms with Gasteiger partial charge in [0.15, 0.2) is 6.10 Å². The van der Waals surface area contributed by atoms with Gasteiger partial charge < -0.3 is 14.6 Å². The molecule has 4 nitrogen and oxygen atoms in total. The average Bonchev–Trinajstić information content (AvgIpc) is 2.31. The zero-order valence-electron chi connectivity index (χ0n) is 9.37. The van der Waals surface area contributed by atoms with E-state index in [2.05, 4.69) is 0 Å². The quantitative estimate of drug-likeness (QED) is 0.861.